The molecular formula is C14H14O4. The molecule has 0 aliphatic heterocycles. The van der Waals surface area contributed by atoms with Gasteiger partial charge in [0, 0.05) is 6.42 Å². The van der Waals surface area contributed by atoms with Crippen LogP contribution in [-0.2, 0) is 14.4 Å². The predicted molar refractivity (Wildman–Crippen MR) is 67.0 cm³/mol. The second-order valence-corrected chi connectivity index (χ2v) is 3.84. The van der Waals surface area contributed by atoms with Crippen LogP contribution >= 0.6 is 0 Å². The number of benzene rings is 1. The number of aliphatic carboxylic acids is 1. The van der Waals surface area contributed by atoms with Crippen molar-refractivity contribution >= 4 is 23.6 Å². The Morgan fingerprint density at radius 3 is 2.28 bits per heavy atom. The van der Waals surface area contributed by atoms with Gasteiger partial charge in [-0.15, -0.1) is 0 Å². The topological polar surface area (TPSA) is 71.4 Å². The van der Waals surface area contributed by atoms with Crippen LogP contribution in [0.25, 0.3) is 6.08 Å². The van der Waals surface area contributed by atoms with Crippen molar-refractivity contribution in [1.29, 1.82) is 0 Å². The molecule has 0 aliphatic carbocycles. The van der Waals surface area contributed by atoms with Crippen molar-refractivity contribution in [2.24, 2.45) is 0 Å². The molecule has 18 heavy (non-hydrogen) atoms. The van der Waals surface area contributed by atoms with E-state index in [1.165, 1.54) is 0 Å². The van der Waals surface area contributed by atoms with E-state index >= 15 is 0 Å². The molecule has 0 heterocycles. The lowest BCUT2D eigenvalue weighted by Crippen LogP contribution is -2.11. The first-order valence-electron chi connectivity index (χ1n) is 5.54. The Bertz CT molecular complexity index is 460. The summed E-state index contributed by atoms with van der Waals surface area (Å²) in [6, 6.07) is 9.47. The zero-order valence-corrected chi connectivity index (χ0v) is 9.83. The Kier molecular flexibility index (Phi) is 5.51. The van der Waals surface area contributed by atoms with Gasteiger partial charge >= 0.3 is 5.97 Å². The highest BCUT2D eigenvalue weighted by Gasteiger charge is 2.11. The number of rotatable bonds is 7. The Labute approximate surface area is 105 Å². The van der Waals surface area contributed by atoms with E-state index in [1.54, 1.807) is 12.2 Å². The molecule has 4 nitrogen and oxygen atoms in total. The van der Waals surface area contributed by atoms with Crippen LogP contribution in [0.1, 0.15) is 24.8 Å². The lowest BCUT2D eigenvalue weighted by Gasteiger charge is -1.95. The molecule has 0 aromatic heterocycles. The number of Topliss-reactive ketones (excluding diaryl/α,β-unsaturated/α-hetero) is 2. The summed E-state index contributed by atoms with van der Waals surface area (Å²) in [6.45, 7) is 0. The summed E-state index contributed by atoms with van der Waals surface area (Å²) >= 11 is 0. The van der Waals surface area contributed by atoms with Gasteiger partial charge in [-0.1, -0.05) is 42.5 Å². The van der Waals surface area contributed by atoms with Gasteiger partial charge in [-0.3, -0.25) is 14.4 Å². The minimum atomic E-state index is -1.20. The van der Waals surface area contributed by atoms with Gasteiger partial charge in [0.05, 0.1) is 6.42 Å². The molecule has 0 spiro atoms. The highest BCUT2D eigenvalue weighted by molar-refractivity contribution is 6.05. The van der Waals surface area contributed by atoms with Crippen LogP contribution in [0.4, 0.5) is 0 Å². The molecule has 0 aliphatic rings. The molecule has 0 atom stereocenters. The van der Waals surface area contributed by atoms with E-state index < -0.39 is 18.2 Å². The van der Waals surface area contributed by atoms with Gasteiger partial charge in [-0.25, -0.2) is 0 Å². The standard InChI is InChI=1S/C14H14O4/c15-12(9-13(16)10-14(17)18)8-4-7-11-5-2-1-3-6-11/h1-7H,8-10H2,(H,17,18). The first-order chi connectivity index (χ1) is 8.58. The van der Waals surface area contributed by atoms with Crippen LogP contribution in [-0.4, -0.2) is 22.6 Å². The second-order valence-electron chi connectivity index (χ2n) is 3.84. The summed E-state index contributed by atoms with van der Waals surface area (Å²) < 4.78 is 0. The first-order valence-corrected chi connectivity index (χ1v) is 5.54. The summed E-state index contributed by atoms with van der Waals surface area (Å²) in [4.78, 5) is 32.7. The first kappa shape index (κ1) is 13.8. The maximum absolute atomic E-state index is 11.4. The molecule has 4 heteroatoms. The molecule has 0 unspecified atom stereocenters. The summed E-state index contributed by atoms with van der Waals surface area (Å²) in [5, 5.41) is 8.38. The molecular weight excluding hydrogens is 232 g/mol. The smallest absolute Gasteiger partial charge is 0.310 e. The number of allylic oxidation sites excluding steroid dienone is 1. The number of carbonyl (C=O) groups excluding carboxylic acids is 2. The average Bonchev–Trinajstić information content (AvgIpc) is 2.29. The fraction of sp³-hybridized carbons (Fsp3) is 0.214. The van der Waals surface area contributed by atoms with E-state index in [1.807, 2.05) is 30.3 Å². The predicted octanol–water partition coefficient (Wildman–Crippen LogP) is 2.09. The van der Waals surface area contributed by atoms with Gasteiger partial charge in [-0.2, -0.15) is 0 Å². The van der Waals surface area contributed by atoms with Crippen LogP contribution in [0.5, 0.6) is 0 Å². The fourth-order valence-electron chi connectivity index (χ4n) is 1.41. The Morgan fingerprint density at radius 1 is 1.00 bits per heavy atom. The molecule has 0 radical (unpaired) electrons. The molecule has 1 aromatic rings. The van der Waals surface area contributed by atoms with Gasteiger partial charge < -0.3 is 5.11 Å². The maximum atomic E-state index is 11.4. The Morgan fingerprint density at radius 2 is 1.67 bits per heavy atom. The van der Waals surface area contributed by atoms with Gasteiger partial charge in [0.2, 0.25) is 0 Å². The molecule has 0 fully saturated rings. The summed E-state index contributed by atoms with van der Waals surface area (Å²) in [7, 11) is 0. The van der Waals surface area contributed by atoms with E-state index in [0.29, 0.717) is 0 Å². The monoisotopic (exact) mass is 246 g/mol. The lowest BCUT2D eigenvalue weighted by molar-refractivity contribution is -0.140. The molecule has 1 rings (SSSR count). The molecule has 0 bridgehead atoms. The van der Waals surface area contributed by atoms with Crippen molar-refractivity contribution in [2.75, 3.05) is 0 Å². The summed E-state index contributed by atoms with van der Waals surface area (Å²) in [5.74, 6) is -2.03. The molecule has 1 aromatic carbocycles. The number of hydrogen-bond acceptors (Lipinski definition) is 3. The van der Waals surface area contributed by atoms with Gasteiger partial charge in [0.15, 0.2) is 5.78 Å². The molecule has 1 N–H and O–H groups in total. The van der Waals surface area contributed by atoms with Crippen molar-refractivity contribution < 1.29 is 19.5 Å². The maximum Gasteiger partial charge on any atom is 0.310 e. The summed E-state index contributed by atoms with van der Waals surface area (Å²) in [5.41, 5.74) is 0.974. The molecule has 94 valence electrons. The number of ketones is 2. The highest BCUT2D eigenvalue weighted by atomic mass is 16.4. The zero-order valence-electron chi connectivity index (χ0n) is 9.83. The zero-order chi connectivity index (χ0) is 13.4. The van der Waals surface area contributed by atoms with Crippen LogP contribution in [0, 0.1) is 0 Å². The highest BCUT2D eigenvalue weighted by Crippen LogP contribution is 2.03. The number of carbonyl (C=O) groups is 3. The third-order valence-electron chi connectivity index (χ3n) is 2.20. The quantitative estimate of drug-likeness (QED) is 0.748. The van der Waals surface area contributed by atoms with Crippen molar-refractivity contribution in [3.05, 3.63) is 42.0 Å². The van der Waals surface area contributed by atoms with Crippen LogP contribution in [0.2, 0.25) is 0 Å². The SMILES string of the molecule is O=C(O)CC(=O)CC(=O)CC=Cc1ccccc1. The Balaban J connectivity index is 2.35. The number of carboxylic acids is 1. The van der Waals surface area contributed by atoms with Crippen LogP contribution in [0.15, 0.2) is 36.4 Å². The van der Waals surface area contributed by atoms with E-state index in [9.17, 15) is 14.4 Å². The lowest BCUT2D eigenvalue weighted by atomic mass is 10.1. The van der Waals surface area contributed by atoms with E-state index in [4.69, 9.17) is 5.11 Å². The van der Waals surface area contributed by atoms with Gasteiger partial charge in [-0.05, 0) is 5.56 Å². The van der Waals surface area contributed by atoms with E-state index in [-0.39, 0.29) is 18.6 Å². The number of hydrogen-bond donors (Lipinski definition) is 1. The van der Waals surface area contributed by atoms with Crippen LogP contribution in [0.3, 0.4) is 0 Å². The van der Waals surface area contributed by atoms with Gasteiger partial charge in [0.1, 0.15) is 12.2 Å². The molecule has 0 amide bonds. The van der Waals surface area contributed by atoms with Crippen molar-refractivity contribution in [3.63, 3.8) is 0 Å². The third kappa shape index (κ3) is 5.75. The van der Waals surface area contributed by atoms with E-state index in [2.05, 4.69) is 0 Å². The number of carboxylic acid groups (broad SMARTS) is 1. The van der Waals surface area contributed by atoms with E-state index in [0.717, 1.165) is 5.56 Å². The van der Waals surface area contributed by atoms with Crippen LogP contribution < -0.4 is 0 Å². The average molecular weight is 246 g/mol. The van der Waals surface area contributed by atoms with Crippen molar-refractivity contribution in [2.45, 2.75) is 19.3 Å². The van der Waals surface area contributed by atoms with Gasteiger partial charge in [0.25, 0.3) is 0 Å². The summed E-state index contributed by atoms with van der Waals surface area (Å²) in [6.07, 6.45) is 2.70. The minimum absolute atomic E-state index is 0.139. The third-order valence-corrected chi connectivity index (χ3v) is 2.20. The van der Waals surface area contributed by atoms with Crippen molar-refractivity contribution in [1.82, 2.24) is 0 Å². The largest absolute Gasteiger partial charge is 0.481 e. The van der Waals surface area contributed by atoms with Crippen molar-refractivity contribution in [3.8, 4) is 0 Å². The second kappa shape index (κ2) is 7.17. The fourth-order valence-corrected chi connectivity index (χ4v) is 1.41. The minimum Gasteiger partial charge on any atom is -0.481 e. The molecule has 0 saturated heterocycles. The molecule has 0 saturated carbocycles. The Hall–Kier alpha value is -2.23. The normalized spacial score (nSPS) is 10.4.